The van der Waals surface area contributed by atoms with E-state index in [0.29, 0.717) is 0 Å². The summed E-state index contributed by atoms with van der Waals surface area (Å²) in [6.07, 6.45) is 0.741. The Kier molecular flexibility index (Phi) is 3.16. The van der Waals surface area contributed by atoms with Gasteiger partial charge in [-0.3, -0.25) is 0 Å². The van der Waals surface area contributed by atoms with E-state index in [4.69, 9.17) is 5.73 Å². The summed E-state index contributed by atoms with van der Waals surface area (Å²) in [6.45, 7) is 1.97. The fraction of sp³-hybridized carbons (Fsp3) is 0.214. The average Bonchev–Trinajstić information content (AvgIpc) is 2.82. The van der Waals surface area contributed by atoms with E-state index in [2.05, 4.69) is 12.1 Å². The van der Waals surface area contributed by atoms with E-state index >= 15 is 0 Å². The van der Waals surface area contributed by atoms with Crippen molar-refractivity contribution in [1.29, 1.82) is 5.26 Å². The van der Waals surface area contributed by atoms with Crippen molar-refractivity contribution in [1.82, 2.24) is 0 Å². The predicted octanol–water partition coefficient (Wildman–Crippen LogP) is 3.35. The van der Waals surface area contributed by atoms with Gasteiger partial charge in [-0.2, -0.15) is 5.26 Å². The summed E-state index contributed by atoms with van der Waals surface area (Å²) < 4.78 is 0. The van der Waals surface area contributed by atoms with Crippen LogP contribution in [0.15, 0.2) is 41.8 Å². The van der Waals surface area contributed by atoms with Gasteiger partial charge in [0.15, 0.2) is 0 Å². The van der Waals surface area contributed by atoms with Crippen LogP contribution in [0.5, 0.6) is 0 Å². The summed E-state index contributed by atoms with van der Waals surface area (Å²) in [5, 5.41) is 11.5. The smallest absolute Gasteiger partial charge is 0.0842 e. The molecule has 1 unspecified atom stereocenters. The summed E-state index contributed by atoms with van der Waals surface area (Å²) in [7, 11) is 0. The van der Waals surface area contributed by atoms with Crippen LogP contribution in [-0.4, -0.2) is 0 Å². The van der Waals surface area contributed by atoms with Crippen molar-refractivity contribution in [3.63, 3.8) is 0 Å². The van der Waals surface area contributed by atoms with Gasteiger partial charge in [0, 0.05) is 17.0 Å². The number of nitrogens with zero attached hydrogens (tertiary/aromatic N) is 1. The Labute approximate surface area is 105 Å². The maximum absolute atomic E-state index is 9.43. The number of benzene rings is 1. The normalized spacial score (nSPS) is 13.9. The number of anilines is 1. The SMILES string of the molecule is CC(C#N)(Cc1cccs1)c1ccc(N)cc1. The van der Waals surface area contributed by atoms with Crippen molar-refractivity contribution < 1.29 is 0 Å². The Balaban J connectivity index is 2.31. The second kappa shape index (κ2) is 4.60. The molecule has 0 bridgehead atoms. The highest BCUT2D eigenvalue weighted by Crippen LogP contribution is 2.29. The fourth-order valence-corrected chi connectivity index (χ4v) is 2.68. The summed E-state index contributed by atoms with van der Waals surface area (Å²) in [5.74, 6) is 0. The molecule has 0 aliphatic heterocycles. The molecule has 2 rings (SSSR count). The first kappa shape index (κ1) is 11.7. The third kappa shape index (κ3) is 2.48. The third-order valence-corrected chi connectivity index (χ3v) is 3.78. The first-order valence-corrected chi connectivity index (χ1v) is 6.32. The highest BCUT2D eigenvalue weighted by Gasteiger charge is 2.27. The van der Waals surface area contributed by atoms with E-state index in [1.807, 2.05) is 42.6 Å². The predicted molar refractivity (Wildman–Crippen MR) is 71.8 cm³/mol. The number of rotatable bonds is 3. The quantitative estimate of drug-likeness (QED) is 0.839. The molecule has 17 heavy (non-hydrogen) atoms. The first-order valence-electron chi connectivity index (χ1n) is 5.44. The molecule has 0 spiro atoms. The minimum absolute atomic E-state index is 0.488. The molecule has 1 aromatic heterocycles. The van der Waals surface area contributed by atoms with Crippen molar-refractivity contribution in [2.45, 2.75) is 18.8 Å². The van der Waals surface area contributed by atoms with Crippen LogP contribution in [0.1, 0.15) is 17.4 Å². The molecule has 0 aliphatic rings. The number of hydrogen-bond acceptors (Lipinski definition) is 3. The minimum Gasteiger partial charge on any atom is -0.399 e. The van der Waals surface area contributed by atoms with Gasteiger partial charge in [0.1, 0.15) is 0 Å². The lowest BCUT2D eigenvalue weighted by atomic mass is 9.80. The molecule has 0 saturated heterocycles. The van der Waals surface area contributed by atoms with Crippen molar-refractivity contribution in [2.24, 2.45) is 0 Å². The Bertz CT molecular complexity index is 522. The number of nitrogen functional groups attached to an aromatic ring is 1. The van der Waals surface area contributed by atoms with Crippen molar-refractivity contribution >= 4 is 17.0 Å². The maximum atomic E-state index is 9.43. The van der Waals surface area contributed by atoms with Crippen LogP contribution in [-0.2, 0) is 11.8 Å². The van der Waals surface area contributed by atoms with Crippen molar-refractivity contribution in [3.8, 4) is 6.07 Å². The van der Waals surface area contributed by atoms with E-state index in [9.17, 15) is 5.26 Å². The van der Waals surface area contributed by atoms with E-state index in [1.165, 1.54) is 4.88 Å². The number of nitrogens with two attached hydrogens (primary N) is 1. The molecule has 3 heteroatoms. The van der Waals surface area contributed by atoms with Gasteiger partial charge in [-0.15, -0.1) is 11.3 Å². The molecule has 0 amide bonds. The minimum atomic E-state index is -0.488. The van der Waals surface area contributed by atoms with Gasteiger partial charge in [-0.05, 0) is 36.1 Å². The van der Waals surface area contributed by atoms with Gasteiger partial charge < -0.3 is 5.73 Å². The Hall–Kier alpha value is -1.79. The van der Waals surface area contributed by atoms with Gasteiger partial charge in [0.25, 0.3) is 0 Å². The topological polar surface area (TPSA) is 49.8 Å². The van der Waals surface area contributed by atoms with Crippen LogP contribution in [0, 0.1) is 11.3 Å². The van der Waals surface area contributed by atoms with E-state index in [1.54, 1.807) is 11.3 Å². The Morgan fingerprint density at radius 2 is 2.00 bits per heavy atom. The standard InChI is InChI=1S/C14H14N2S/c1-14(10-15,9-13-3-2-8-17-13)11-4-6-12(16)7-5-11/h2-8H,9,16H2,1H3. The lowest BCUT2D eigenvalue weighted by Gasteiger charge is -2.21. The van der Waals surface area contributed by atoms with Crippen LogP contribution in [0.3, 0.4) is 0 Å². The van der Waals surface area contributed by atoms with E-state index in [0.717, 1.165) is 17.7 Å². The molecule has 2 aromatic rings. The molecular weight excluding hydrogens is 228 g/mol. The van der Waals surface area contributed by atoms with Gasteiger partial charge in [0.2, 0.25) is 0 Å². The largest absolute Gasteiger partial charge is 0.399 e. The average molecular weight is 242 g/mol. The Morgan fingerprint density at radius 1 is 1.29 bits per heavy atom. The highest BCUT2D eigenvalue weighted by atomic mass is 32.1. The number of thiophene rings is 1. The van der Waals surface area contributed by atoms with Gasteiger partial charge in [0.05, 0.1) is 11.5 Å². The second-order valence-corrected chi connectivity index (χ2v) is 5.35. The molecule has 0 aliphatic carbocycles. The molecule has 1 aromatic carbocycles. The molecule has 2 N–H and O–H groups in total. The van der Waals surface area contributed by atoms with E-state index < -0.39 is 5.41 Å². The number of hydrogen-bond donors (Lipinski definition) is 1. The van der Waals surface area contributed by atoms with Crippen LogP contribution in [0.4, 0.5) is 5.69 Å². The zero-order chi connectivity index (χ0) is 12.3. The maximum Gasteiger partial charge on any atom is 0.0842 e. The summed E-state index contributed by atoms with van der Waals surface area (Å²) in [4.78, 5) is 1.23. The van der Waals surface area contributed by atoms with Crippen LogP contribution >= 0.6 is 11.3 Å². The van der Waals surface area contributed by atoms with Gasteiger partial charge in [-0.25, -0.2) is 0 Å². The molecule has 1 heterocycles. The lowest BCUT2D eigenvalue weighted by Crippen LogP contribution is -2.22. The molecule has 0 fully saturated rings. The van der Waals surface area contributed by atoms with Crippen LogP contribution in [0.25, 0.3) is 0 Å². The van der Waals surface area contributed by atoms with Crippen LogP contribution in [0.2, 0.25) is 0 Å². The summed E-state index contributed by atoms with van der Waals surface area (Å²) >= 11 is 1.69. The molecule has 1 atom stereocenters. The second-order valence-electron chi connectivity index (χ2n) is 4.32. The highest BCUT2D eigenvalue weighted by molar-refractivity contribution is 7.09. The zero-order valence-corrected chi connectivity index (χ0v) is 10.5. The van der Waals surface area contributed by atoms with Crippen LogP contribution < -0.4 is 5.73 Å². The molecule has 0 radical (unpaired) electrons. The molecule has 0 saturated carbocycles. The van der Waals surface area contributed by atoms with Gasteiger partial charge >= 0.3 is 0 Å². The Morgan fingerprint density at radius 3 is 2.53 bits per heavy atom. The zero-order valence-electron chi connectivity index (χ0n) is 9.68. The molecule has 2 nitrogen and oxygen atoms in total. The van der Waals surface area contributed by atoms with Gasteiger partial charge in [-0.1, -0.05) is 18.2 Å². The molecule has 86 valence electrons. The monoisotopic (exact) mass is 242 g/mol. The number of nitriles is 1. The molecular formula is C14H14N2S. The van der Waals surface area contributed by atoms with E-state index in [-0.39, 0.29) is 0 Å². The lowest BCUT2D eigenvalue weighted by molar-refractivity contribution is 0.612. The summed E-state index contributed by atoms with van der Waals surface area (Å²) in [6, 6.07) is 14.1. The fourth-order valence-electron chi connectivity index (χ4n) is 1.82. The summed E-state index contributed by atoms with van der Waals surface area (Å²) in [5.41, 5.74) is 6.92. The van der Waals surface area contributed by atoms with Crippen molar-refractivity contribution in [2.75, 3.05) is 5.73 Å². The first-order chi connectivity index (χ1) is 8.14. The van der Waals surface area contributed by atoms with Crippen molar-refractivity contribution in [3.05, 3.63) is 52.2 Å². The third-order valence-electron chi connectivity index (χ3n) is 2.90.